The molecule has 440 valence electrons. The van der Waals surface area contributed by atoms with Crippen LogP contribution in [0, 0.1) is 5.41 Å². The summed E-state index contributed by atoms with van der Waals surface area (Å²) in [6.07, 6.45) is 6.08. The fourth-order valence-electron chi connectivity index (χ4n) is 11.6. The van der Waals surface area contributed by atoms with Crippen LogP contribution in [0.2, 0.25) is 5.02 Å². The molecule has 9 rings (SSSR count). The van der Waals surface area contributed by atoms with Gasteiger partial charge in [0.05, 0.1) is 22.8 Å². The van der Waals surface area contributed by atoms with Gasteiger partial charge in [-0.15, -0.1) is 11.8 Å². The predicted octanol–water partition coefficient (Wildman–Crippen LogP) is 10.3. The van der Waals surface area contributed by atoms with Gasteiger partial charge in [0.15, 0.2) is 0 Å². The number of hydrogen-bond acceptors (Lipinski definition) is 14. The van der Waals surface area contributed by atoms with E-state index in [1.165, 1.54) is 40.6 Å². The van der Waals surface area contributed by atoms with Crippen LogP contribution in [0.15, 0.2) is 117 Å². The minimum atomic E-state index is -6.09. The number of halogens is 4. The number of sulfonamides is 1. The number of sulfone groups is 1. The molecular formula is C59H75ClF3N7O8S3. The average Bonchev–Trinajstić information content (AvgIpc) is 3.61. The molecule has 2 atom stereocenters. The molecule has 0 aromatic heterocycles. The monoisotopic (exact) mass is 1200 g/mol. The molecule has 1 spiro atoms. The maximum Gasteiger partial charge on any atom is 0.501 e. The summed E-state index contributed by atoms with van der Waals surface area (Å²) in [6.45, 7) is 18.0. The molecular weight excluding hydrogens is 1120 g/mol. The van der Waals surface area contributed by atoms with Crippen LogP contribution in [0.1, 0.15) is 88.6 Å². The number of morpholine rings is 1. The topological polar surface area (TPSA) is 161 Å². The van der Waals surface area contributed by atoms with Crippen molar-refractivity contribution < 1.29 is 49.1 Å². The molecule has 4 aromatic rings. The van der Waals surface area contributed by atoms with Gasteiger partial charge in [-0.1, -0.05) is 54.4 Å². The Morgan fingerprint density at radius 2 is 1.49 bits per heavy atom. The summed E-state index contributed by atoms with van der Waals surface area (Å²) >= 11 is 7.79. The summed E-state index contributed by atoms with van der Waals surface area (Å²) in [5, 5.41) is 3.74. The molecule has 0 radical (unpaired) electrons. The van der Waals surface area contributed by atoms with E-state index in [9.17, 15) is 39.6 Å². The van der Waals surface area contributed by atoms with Crippen molar-refractivity contribution in [3.8, 4) is 0 Å². The number of anilines is 2. The van der Waals surface area contributed by atoms with E-state index in [0.717, 1.165) is 107 Å². The molecule has 81 heavy (non-hydrogen) atoms. The van der Waals surface area contributed by atoms with Gasteiger partial charge in [-0.25, -0.2) is 26.4 Å². The van der Waals surface area contributed by atoms with E-state index < -0.39 is 58.4 Å². The lowest BCUT2D eigenvalue weighted by Crippen LogP contribution is -2.56. The van der Waals surface area contributed by atoms with E-state index in [4.69, 9.17) is 21.1 Å². The van der Waals surface area contributed by atoms with Crippen molar-refractivity contribution in [2.45, 2.75) is 110 Å². The van der Waals surface area contributed by atoms with Crippen molar-refractivity contribution in [3.63, 3.8) is 0 Å². The van der Waals surface area contributed by atoms with E-state index >= 15 is 0 Å². The Kier molecular flexibility index (Phi) is 18.8. The molecule has 3 heterocycles. The Balaban J connectivity index is 0.831. The highest BCUT2D eigenvalue weighted by molar-refractivity contribution is 7.99. The highest BCUT2D eigenvalue weighted by atomic mass is 35.5. The van der Waals surface area contributed by atoms with Crippen molar-refractivity contribution in [1.82, 2.24) is 24.3 Å². The summed E-state index contributed by atoms with van der Waals surface area (Å²) in [6, 6.07) is 25.9. The molecule has 0 bridgehead atoms. The number of carbonyl (C=O) groups is 2. The number of alkyl halides is 3. The van der Waals surface area contributed by atoms with Crippen molar-refractivity contribution >= 4 is 72.2 Å². The summed E-state index contributed by atoms with van der Waals surface area (Å²) in [7, 11) is -11.0. The van der Waals surface area contributed by atoms with Crippen LogP contribution >= 0.6 is 23.4 Å². The zero-order valence-electron chi connectivity index (χ0n) is 46.6. The summed E-state index contributed by atoms with van der Waals surface area (Å²) in [5.74, 6) is -0.672. The molecule has 2 N–H and O–H groups in total. The molecule has 5 aliphatic rings. The SMILES string of the molecule is CC(C)(C)OC(=O)N1CCN(C[C@]2(C)CCC(c3ccc(Cl)cc3)=C(CN3CCN(c4ccc(C(=O)NS(=O)(=O)c5ccc(N[C@H](CCN6CCOC7(CCC7)C6)CSc6ccccc6)c(S(=O)(=O)C(F)(F)F)c5)cc4)CC3)C2)CC1. The molecule has 2 aliphatic carbocycles. The molecule has 4 aromatic carbocycles. The van der Waals surface area contributed by atoms with Crippen molar-refractivity contribution in [3.05, 3.63) is 119 Å². The summed E-state index contributed by atoms with van der Waals surface area (Å²) in [5.41, 5.74) is -2.11. The number of ether oxygens (including phenoxy) is 2. The van der Waals surface area contributed by atoms with Gasteiger partial charge in [-0.2, -0.15) is 13.2 Å². The second-order valence-corrected chi connectivity index (χ2v) is 28.7. The predicted molar refractivity (Wildman–Crippen MR) is 312 cm³/mol. The van der Waals surface area contributed by atoms with Crippen LogP contribution < -0.4 is 14.9 Å². The number of nitrogens with one attached hydrogen (secondary N) is 2. The van der Waals surface area contributed by atoms with Crippen LogP contribution in [0.25, 0.3) is 5.57 Å². The Bertz CT molecular complexity index is 3110. The van der Waals surface area contributed by atoms with Crippen molar-refractivity contribution in [1.29, 1.82) is 0 Å². The smallest absolute Gasteiger partial charge is 0.444 e. The van der Waals surface area contributed by atoms with Gasteiger partial charge in [-0.3, -0.25) is 19.5 Å². The number of carbonyl (C=O) groups excluding carboxylic acids is 2. The number of hydrogen-bond donors (Lipinski definition) is 2. The molecule has 15 nitrogen and oxygen atoms in total. The average molecular weight is 1200 g/mol. The summed E-state index contributed by atoms with van der Waals surface area (Å²) in [4.78, 5) is 36.4. The third-order valence-corrected chi connectivity index (χ3v) is 20.5. The van der Waals surface area contributed by atoms with Gasteiger partial charge in [0.1, 0.15) is 10.5 Å². The second-order valence-electron chi connectivity index (χ2n) is 23.6. The number of nitrogens with zero attached hydrogens (tertiary/aromatic N) is 5. The van der Waals surface area contributed by atoms with E-state index in [2.05, 4.69) is 44.0 Å². The Hall–Kier alpha value is -4.87. The highest BCUT2D eigenvalue weighted by Crippen LogP contribution is 2.45. The molecule has 2 amide bonds. The lowest BCUT2D eigenvalue weighted by atomic mass is 9.71. The number of piperazine rings is 2. The van der Waals surface area contributed by atoms with Crippen LogP contribution in [-0.2, 0) is 29.3 Å². The first-order chi connectivity index (χ1) is 38.3. The first-order valence-corrected chi connectivity index (χ1v) is 32.3. The first-order valence-electron chi connectivity index (χ1n) is 27.9. The molecule has 4 fully saturated rings. The molecule has 22 heteroatoms. The first kappa shape index (κ1) is 60.7. The number of rotatable bonds is 18. The highest BCUT2D eigenvalue weighted by Gasteiger charge is 2.49. The Labute approximate surface area is 484 Å². The van der Waals surface area contributed by atoms with E-state index in [-0.39, 0.29) is 22.7 Å². The molecule has 1 saturated carbocycles. The van der Waals surface area contributed by atoms with Gasteiger partial charge < -0.3 is 24.6 Å². The van der Waals surface area contributed by atoms with Crippen LogP contribution in [0.4, 0.5) is 29.3 Å². The minimum absolute atomic E-state index is 0.0171. The van der Waals surface area contributed by atoms with Crippen LogP contribution in [-0.4, -0.2) is 169 Å². The van der Waals surface area contributed by atoms with Gasteiger partial charge in [0.2, 0.25) is 0 Å². The third-order valence-electron chi connectivity index (χ3n) is 16.2. The zero-order valence-corrected chi connectivity index (χ0v) is 49.8. The second kappa shape index (κ2) is 25.1. The fraction of sp³-hybridized carbons (Fsp3) is 0.525. The third kappa shape index (κ3) is 15.5. The van der Waals surface area contributed by atoms with Crippen molar-refractivity contribution in [2.24, 2.45) is 5.41 Å². The fourth-order valence-corrected chi connectivity index (χ4v) is 14.8. The van der Waals surface area contributed by atoms with Gasteiger partial charge in [-0.05, 0) is 149 Å². The Morgan fingerprint density at radius 1 is 0.815 bits per heavy atom. The molecule has 3 saturated heterocycles. The van der Waals surface area contributed by atoms with E-state index in [0.29, 0.717) is 69.1 Å². The zero-order chi connectivity index (χ0) is 57.8. The largest absolute Gasteiger partial charge is 0.501 e. The van der Waals surface area contributed by atoms with Gasteiger partial charge in [0.25, 0.3) is 25.8 Å². The number of benzene rings is 4. The van der Waals surface area contributed by atoms with Crippen LogP contribution in [0.3, 0.4) is 0 Å². The molecule has 3 aliphatic heterocycles. The molecule has 0 unspecified atom stereocenters. The number of allylic oxidation sites excluding steroid dienone is 1. The van der Waals surface area contributed by atoms with E-state index in [1.807, 2.05) is 68.0 Å². The minimum Gasteiger partial charge on any atom is -0.444 e. The Morgan fingerprint density at radius 3 is 2.14 bits per heavy atom. The quantitative estimate of drug-likeness (QED) is 0.0906. The maximum atomic E-state index is 14.4. The van der Waals surface area contributed by atoms with Crippen LogP contribution in [0.5, 0.6) is 0 Å². The lowest BCUT2D eigenvalue weighted by molar-refractivity contribution is -0.151. The van der Waals surface area contributed by atoms with Gasteiger partial charge >= 0.3 is 11.6 Å². The normalized spacial score (nSPS) is 21.1. The summed E-state index contributed by atoms with van der Waals surface area (Å²) < 4.78 is 111. The lowest BCUT2D eigenvalue weighted by Gasteiger charge is -2.48. The maximum absolute atomic E-state index is 14.4. The van der Waals surface area contributed by atoms with E-state index in [1.54, 1.807) is 17.0 Å². The number of thioether (sulfide) groups is 1. The number of amides is 2. The van der Waals surface area contributed by atoms with Crippen molar-refractivity contribution in [2.75, 3.05) is 108 Å². The van der Waals surface area contributed by atoms with Gasteiger partial charge in [0, 0.05) is 118 Å². The standard InChI is InChI=1S/C59H75ClF3N7O8S3/c1-56(2,3)78-55(72)70-33-29-68(30-34-70)41-57(4)25-21-51(43-11-15-46(60)16-12-43)45(38-57)39-66-27-31-69(32-28-66)48-17-13-44(14-18-48)54(71)65-81(75,76)50-19-20-52(53(37-50)80(73,74)59(61,62)63)64-47(40-79-49-9-6-5-7-10-49)22-26-67-35-36-77-58(42-67)23-8-24-58/h5-7,9-20,37,47,64H,8,21-36,38-42H2,1-4H3,(H,65,71)/t47-,57-/m1/s1.